The number of anilines is 1. The van der Waals surface area contributed by atoms with E-state index in [4.69, 9.17) is 4.98 Å². The van der Waals surface area contributed by atoms with Crippen LogP contribution in [0.4, 0.5) is 5.82 Å². The molecule has 0 radical (unpaired) electrons. The minimum absolute atomic E-state index is 0.0828. The molecule has 7 nitrogen and oxygen atoms in total. The second kappa shape index (κ2) is 9.10. The number of hydrogen-bond acceptors (Lipinski definition) is 6. The Morgan fingerprint density at radius 2 is 2.00 bits per heavy atom. The lowest BCUT2D eigenvalue weighted by Gasteiger charge is -2.33. The highest BCUT2D eigenvalue weighted by molar-refractivity contribution is 5.79. The molecule has 1 aliphatic heterocycles. The van der Waals surface area contributed by atoms with Crippen LogP contribution >= 0.6 is 0 Å². The zero-order valence-corrected chi connectivity index (χ0v) is 17.3. The molecule has 1 saturated heterocycles. The van der Waals surface area contributed by atoms with E-state index in [2.05, 4.69) is 32.0 Å². The number of nitrogens with one attached hydrogen (secondary N) is 1. The fourth-order valence-electron chi connectivity index (χ4n) is 3.45. The van der Waals surface area contributed by atoms with E-state index in [1.165, 1.54) is 0 Å². The minimum Gasteiger partial charge on any atom is -0.356 e. The Balaban J connectivity index is 1.67. The van der Waals surface area contributed by atoms with Crippen molar-refractivity contribution in [3.05, 3.63) is 35.8 Å². The summed E-state index contributed by atoms with van der Waals surface area (Å²) in [6, 6.07) is 3.87. The van der Waals surface area contributed by atoms with Gasteiger partial charge >= 0.3 is 0 Å². The van der Waals surface area contributed by atoms with E-state index in [9.17, 15) is 4.79 Å². The average molecular weight is 383 g/mol. The third kappa shape index (κ3) is 4.84. The molecule has 0 aromatic carbocycles. The molecule has 1 fully saturated rings. The Bertz CT molecular complexity index is 800. The molecule has 3 heterocycles. The predicted octanol–water partition coefficient (Wildman–Crippen LogP) is 2.05. The van der Waals surface area contributed by atoms with Crippen LogP contribution in [-0.4, -0.2) is 66.0 Å². The molecule has 0 aliphatic carbocycles. The molecule has 0 saturated carbocycles. The molecule has 1 aliphatic rings. The normalized spacial score (nSPS) is 15.1. The van der Waals surface area contributed by atoms with Crippen molar-refractivity contribution in [2.45, 2.75) is 26.7 Å². The number of pyridine rings is 1. The van der Waals surface area contributed by atoms with Crippen molar-refractivity contribution in [3.63, 3.8) is 0 Å². The summed E-state index contributed by atoms with van der Waals surface area (Å²) in [5.41, 5.74) is 3.00. The summed E-state index contributed by atoms with van der Waals surface area (Å²) < 4.78 is 0. The van der Waals surface area contributed by atoms with Crippen LogP contribution in [0.1, 0.15) is 24.1 Å². The van der Waals surface area contributed by atoms with E-state index in [0.29, 0.717) is 12.4 Å². The lowest BCUT2D eigenvalue weighted by atomic mass is 9.95. The van der Waals surface area contributed by atoms with E-state index in [1.807, 2.05) is 33.2 Å². The molecule has 0 atom stereocenters. The lowest BCUT2D eigenvalue weighted by molar-refractivity contribution is -0.125. The van der Waals surface area contributed by atoms with Crippen LogP contribution in [0.5, 0.6) is 0 Å². The Labute approximate surface area is 167 Å². The van der Waals surface area contributed by atoms with Crippen molar-refractivity contribution < 1.29 is 4.79 Å². The molecule has 28 heavy (non-hydrogen) atoms. The summed E-state index contributed by atoms with van der Waals surface area (Å²) in [4.78, 5) is 30.4. The highest BCUT2D eigenvalue weighted by Gasteiger charge is 2.27. The van der Waals surface area contributed by atoms with Crippen molar-refractivity contribution >= 4 is 11.7 Å². The SMILES string of the molecule is Cc1nc(-c2cccnc2)nc(N2CCC(C(=O)NCCN(C)C)CC2)c1C. The zero-order valence-electron chi connectivity index (χ0n) is 17.3. The van der Waals surface area contributed by atoms with Crippen molar-refractivity contribution in [1.29, 1.82) is 0 Å². The topological polar surface area (TPSA) is 74.2 Å². The summed E-state index contributed by atoms with van der Waals surface area (Å²) in [6.07, 6.45) is 5.23. The molecule has 2 aromatic heterocycles. The smallest absolute Gasteiger partial charge is 0.223 e. The number of rotatable bonds is 6. The van der Waals surface area contributed by atoms with Gasteiger partial charge in [0.05, 0.1) is 0 Å². The molecule has 7 heteroatoms. The van der Waals surface area contributed by atoms with Crippen molar-refractivity contribution in [2.24, 2.45) is 5.92 Å². The van der Waals surface area contributed by atoms with E-state index >= 15 is 0 Å². The second-order valence-electron chi connectivity index (χ2n) is 7.68. The maximum Gasteiger partial charge on any atom is 0.223 e. The van der Waals surface area contributed by atoms with Gasteiger partial charge in [-0.25, -0.2) is 9.97 Å². The van der Waals surface area contributed by atoms with E-state index in [0.717, 1.165) is 55.1 Å². The zero-order chi connectivity index (χ0) is 20.1. The van der Waals surface area contributed by atoms with Crippen molar-refractivity contribution in [1.82, 2.24) is 25.2 Å². The fraction of sp³-hybridized carbons (Fsp3) is 0.524. The summed E-state index contributed by atoms with van der Waals surface area (Å²) in [5.74, 6) is 1.93. The fourth-order valence-corrected chi connectivity index (χ4v) is 3.45. The maximum absolute atomic E-state index is 12.4. The Morgan fingerprint density at radius 1 is 1.25 bits per heavy atom. The van der Waals surface area contributed by atoms with Gasteiger partial charge in [-0.2, -0.15) is 0 Å². The number of amides is 1. The number of likely N-dealkylation sites (N-methyl/N-ethyl adjacent to an activating group) is 1. The number of piperidine rings is 1. The van der Waals surface area contributed by atoms with Gasteiger partial charge in [0.2, 0.25) is 5.91 Å². The van der Waals surface area contributed by atoms with Crippen LogP contribution in [-0.2, 0) is 4.79 Å². The van der Waals surface area contributed by atoms with Gasteiger partial charge < -0.3 is 15.1 Å². The molecule has 150 valence electrons. The third-order valence-electron chi connectivity index (χ3n) is 5.31. The largest absolute Gasteiger partial charge is 0.356 e. The van der Waals surface area contributed by atoms with Gasteiger partial charge in [0.15, 0.2) is 5.82 Å². The molecule has 1 amide bonds. The first-order chi connectivity index (χ1) is 13.5. The third-order valence-corrected chi connectivity index (χ3v) is 5.31. The van der Waals surface area contributed by atoms with Gasteiger partial charge in [-0.3, -0.25) is 9.78 Å². The Hall–Kier alpha value is -2.54. The molecule has 0 spiro atoms. The number of aryl methyl sites for hydroxylation is 1. The maximum atomic E-state index is 12.4. The van der Waals surface area contributed by atoms with Crippen LogP contribution < -0.4 is 10.2 Å². The quantitative estimate of drug-likeness (QED) is 0.824. The van der Waals surface area contributed by atoms with E-state index < -0.39 is 0 Å². The van der Waals surface area contributed by atoms with E-state index in [1.54, 1.807) is 12.4 Å². The van der Waals surface area contributed by atoms with Crippen molar-refractivity contribution in [3.8, 4) is 11.4 Å². The van der Waals surface area contributed by atoms with Gasteiger partial charge in [0, 0.05) is 61.3 Å². The van der Waals surface area contributed by atoms with Crippen LogP contribution in [0.2, 0.25) is 0 Å². The standard InChI is InChI=1S/C21H30N6O/c1-15-16(2)24-19(18-6-5-9-22-14-18)25-20(15)27-11-7-17(8-12-27)21(28)23-10-13-26(3)4/h5-6,9,14,17H,7-8,10-13H2,1-4H3,(H,23,28). The first-order valence-electron chi connectivity index (χ1n) is 9.88. The van der Waals surface area contributed by atoms with Gasteiger partial charge in [0.25, 0.3) is 0 Å². The number of carbonyl (C=O) groups is 1. The van der Waals surface area contributed by atoms with Gasteiger partial charge in [-0.1, -0.05) is 0 Å². The highest BCUT2D eigenvalue weighted by atomic mass is 16.1. The van der Waals surface area contributed by atoms with E-state index in [-0.39, 0.29) is 11.8 Å². The molecule has 2 aromatic rings. The summed E-state index contributed by atoms with van der Waals surface area (Å²) in [6.45, 7) is 7.31. The van der Waals surface area contributed by atoms with Gasteiger partial charge in [0.1, 0.15) is 5.82 Å². The number of hydrogen-bond donors (Lipinski definition) is 1. The van der Waals surface area contributed by atoms with Crippen molar-refractivity contribution in [2.75, 3.05) is 45.2 Å². The van der Waals surface area contributed by atoms with Gasteiger partial charge in [-0.15, -0.1) is 0 Å². The molecule has 1 N–H and O–H groups in total. The monoisotopic (exact) mass is 382 g/mol. The Kier molecular flexibility index (Phi) is 6.57. The van der Waals surface area contributed by atoms with Crippen LogP contribution in [0, 0.1) is 19.8 Å². The Morgan fingerprint density at radius 3 is 2.64 bits per heavy atom. The minimum atomic E-state index is 0.0828. The van der Waals surface area contributed by atoms with Gasteiger partial charge in [-0.05, 0) is 52.9 Å². The number of aromatic nitrogens is 3. The van der Waals surface area contributed by atoms with Crippen LogP contribution in [0.25, 0.3) is 11.4 Å². The predicted molar refractivity (Wildman–Crippen MR) is 111 cm³/mol. The number of nitrogens with zero attached hydrogens (tertiary/aromatic N) is 5. The van der Waals surface area contributed by atoms with Crippen LogP contribution in [0.15, 0.2) is 24.5 Å². The molecule has 0 unspecified atom stereocenters. The molecular formula is C21H30N6O. The first-order valence-corrected chi connectivity index (χ1v) is 9.88. The van der Waals surface area contributed by atoms with Crippen LogP contribution in [0.3, 0.4) is 0 Å². The summed E-state index contributed by atoms with van der Waals surface area (Å²) in [7, 11) is 4.02. The highest BCUT2D eigenvalue weighted by Crippen LogP contribution is 2.28. The second-order valence-corrected chi connectivity index (χ2v) is 7.68. The molecular weight excluding hydrogens is 352 g/mol. The lowest BCUT2D eigenvalue weighted by Crippen LogP contribution is -2.42. The number of carbonyl (C=O) groups excluding carboxylic acids is 1. The first kappa shape index (κ1) is 20.2. The summed E-state index contributed by atoms with van der Waals surface area (Å²) in [5, 5.41) is 3.06. The molecule has 3 rings (SSSR count). The molecule has 0 bridgehead atoms. The summed E-state index contributed by atoms with van der Waals surface area (Å²) >= 11 is 0. The average Bonchev–Trinajstić information content (AvgIpc) is 2.70.